The molecule has 2 aromatic rings. The smallest absolute Gasteiger partial charge is 0.0853 e. The summed E-state index contributed by atoms with van der Waals surface area (Å²) in [6, 6.07) is 10.3. The molecular formula is C12H15NO. The number of ether oxygens (including phenoxy) is 1. The summed E-state index contributed by atoms with van der Waals surface area (Å²) in [5.41, 5.74) is 1.21. The standard InChI is InChI=1S/C8H7N.C4H8O/c1-2-4-8-7(3-1)5-6-9-8;1-4(2)5-3/h1-6,9H;1H2,2-3H3. The maximum absolute atomic E-state index is 4.56. The molecule has 0 radical (unpaired) electrons. The van der Waals surface area contributed by atoms with Crippen molar-refractivity contribution in [2.45, 2.75) is 6.92 Å². The van der Waals surface area contributed by atoms with E-state index >= 15 is 0 Å². The van der Waals surface area contributed by atoms with Gasteiger partial charge in [0.1, 0.15) is 0 Å². The van der Waals surface area contributed by atoms with Crippen LogP contribution in [0.15, 0.2) is 48.9 Å². The van der Waals surface area contributed by atoms with E-state index in [9.17, 15) is 0 Å². The van der Waals surface area contributed by atoms with Crippen LogP contribution in [0.1, 0.15) is 6.92 Å². The molecule has 1 aromatic carbocycles. The van der Waals surface area contributed by atoms with Crippen LogP contribution < -0.4 is 0 Å². The van der Waals surface area contributed by atoms with E-state index in [2.05, 4.69) is 34.5 Å². The van der Waals surface area contributed by atoms with Crippen LogP contribution in [0.4, 0.5) is 0 Å². The molecule has 2 nitrogen and oxygen atoms in total. The van der Waals surface area contributed by atoms with Crippen molar-refractivity contribution in [2.75, 3.05) is 7.11 Å². The molecule has 0 amide bonds. The van der Waals surface area contributed by atoms with E-state index in [4.69, 9.17) is 0 Å². The average Bonchev–Trinajstić information content (AvgIpc) is 2.66. The number of nitrogens with one attached hydrogen (secondary N) is 1. The first-order valence-corrected chi connectivity index (χ1v) is 4.45. The molecule has 2 heteroatoms. The van der Waals surface area contributed by atoms with E-state index < -0.39 is 0 Å². The van der Waals surface area contributed by atoms with Gasteiger partial charge in [-0.25, -0.2) is 0 Å². The zero-order chi connectivity index (χ0) is 10.4. The summed E-state index contributed by atoms with van der Waals surface area (Å²) in [7, 11) is 1.60. The molecule has 0 unspecified atom stereocenters. The third-order valence-electron chi connectivity index (χ3n) is 1.81. The van der Waals surface area contributed by atoms with E-state index in [-0.39, 0.29) is 0 Å². The Morgan fingerprint density at radius 1 is 1.29 bits per heavy atom. The highest BCUT2D eigenvalue weighted by molar-refractivity contribution is 5.78. The van der Waals surface area contributed by atoms with Gasteiger partial charge >= 0.3 is 0 Å². The maximum atomic E-state index is 4.56. The lowest BCUT2D eigenvalue weighted by molar-refractivity contribution is 0.295. The molecule has 1 heterocycles. The van der Waals surface area contributed by atoms with Crippen LogP contribution in [0.25, 0.3) is 10.9 Å². The van der Waals surface area contributed by atoms with Crippen molar-refractivity contribution < 1.29 is 4.74 Å². The molecule has 1 N–H and O–H groups in total. The highest BCUT2D eigenvalue weighted by atomic mass is 16.5. The zero-order valence-electron chi connectivity index (χ0n) is 8.58. The van der Waals surface area contributed by atoms with Crippen LogP contribution in [0.3, 0.4) is 0 Å². The minimum absolute atomic E-state index is 0.755. The Hall–Kier alpha value is -1.70. The van der Waals surface area contributed by atoms with Gasteiger partial charge in [0.05, 0.1) is 12.9 Å². The van der Waals surface area contributed by atoms with Crippen LogP contribution in [0.5, 0.6) is 0 Å². The molecule has 2 rings (SSSR count). The summed E-state index contributed by atoms with van der Waals surface area (Å²) >= 11 is 0. The average molecular weight is 189 g/mol. The lowest BCUT2D eigenvalue weighted by Gasteiger charge is -1.88. The zero-order valence-corrected chi connectivity index (χ0v) is 8.58. The fraction of sp³-hybridized carbons (Fsp3) is 0.167. The number of allylic oxidation sites excluding steroid dienone is 1. The molecule has 74 valence electrons. The topological polar surface area (TPSA) is 25.0 Å². The summed E-state index contributed by atoms with van der Waals surface area (Å²) in [6.07, 6.45) is 1.95. The fourth-order valence-electron chi connectivity index (χ4n) is 0.995. The Balaban J connectivity index is 0.000000171. The van der Waals surface area contributed by atoms with Gasteiger partial charge in [-0.05, 0) is 24.4 Å². The Morgan fingerprint density at radius 2 is 1.93 bits per heavy atom. The number of H-pyrrole nitrogens is 1. The van der Waals surface area contributed by atoms with E-state index in [1.807, 2.05) is 18.3 Å². The van der Waals surface area contributed by atoms with Crippen LogP contribution in [-0.4, -0.2) is 12.1 Å². The number of rotatable bonds is 1. The predicted octanol–water partition coefficient (Wildman–Crippen LogP) is 3.33. The second-order valence-corrected chi connectivity index (χ2v) is 2.97. The van der Waals surface area contributed by atoms with Gasteiger partial charge in [-0.3, -0.25) is 0 Å². The summed E-state index contributed by atoms with van der Waals surface area (Å²) in [6.45, 7) is 5.26. The number of para-hydroxylation sites is 1. The van der Waals surface area contributed by atoms with Crippen molar-refractivity contribution >= 4 is 10.9 Å². The minimum Gasteiger partial charge on any atom is -0.502 e. The van der Waals surface area contributed by atoms with E-state index in [0.717, 1.165) is 5.76 Å². The summed E-state index contributed by atoms with van der Waals surface area (Å²) in [5, 5.41) is 1.28. The van der Waals surface area contributed by atoms with Crippen LogP contribution in [0.2, 0.25) is 0 Å². The van der Waals surface area contributed by atoms with Crippen molar-refractivity contribution in [2.24, 2.45) is 0 Å². The van der Waals surface area contributed by atoms with E-state index in [1.54, 1.807) is 14.0 Å². The molecule has 0 spiro atoms. The van der Waals surface area contributed by atoms with Gasteiger partial charge in [0.15, 0.2) is 0 Å². The highest BCUT2D eigenvalue weighted by Gasteiger charge is 1.86. The van der Waals surface area contributed by atoms with Crippen molar-refractivity contribution in [1.29, 1.82) is 0 Å². The molecule has 0 aliphatic rings. The quantitative estimate of drug-likeness (QED) is 0.684. The molecule has 0 saturated carbocycles. The number of benzene rings is 1. The van der Waals surface area contributed by atoms with Gasteiger partial charge in [0, 0.05) is 11.7 Å². The minimum atomic E-state index is 0.755. The third-order valence-corrected chi connectivity index (χ3v) is 1.81. The van der Waals surface area contributed by atoms with Crippen LogP contribution >= 0.6 is 0 Å². The number of hydrogen-bond acceptors (Lipinski definition) is 1. The first-order valence-electron chi connectivity index (χ1n) is 4.45. The van der Waals surface area contributed by atoms with E-state index in [1.165, 1.54) is 10.9 Å². The Labute approximate surface area is 84.2 Å². The van der Waals surface area contributed by atoms with Crippen molar-refractivity contribution in [3.63, 3.8) is 0 Å². The first-order chi connectivity index (χ1) is 6.74. The number of hydrogen-bond donors (Lipinski definition) is 1. The molecule has 0 aliphatic heterocycles. The van der Waals surface area contributed by atoms with Gasteiger partial charge in [-0.15, -0.1) is 0 Å². The van der Waals surface area contributed by atoms with Crippen molar-refractivity contribution in [3.05, 3.63) is 48.9 Å². The molecule has 1 aromatic heterocycles. The number of fused-ring (bicyclic) bond motifs is 1. The Morgan fingerprint density at radius 3 is 2.50 bits per heavy atom. The lowest BCUT2D eigenvalue weighted by atomic mass is 10.3. The van der Waals surface area contributed by atoms with Gasteiger partial charge in [-0.2, -0.15) is 0 Å². The molecule has 0 atom stereocenters. The van der Waals surface area contributed by atoms with Gasteiger partial charge < -0.3 is 9.72 Å². The normalized spacial score (nSPS) is 9.00. The highest BCUT2D eigenvalue weighted by Crippen LogP contribution is 2.09. The van der Waals surface area contributed by atoms with Gasteiger partial charge in [0.25, 0.3) is 0 Å². The van der Waals surface area contributed by atoms with Crippen molar-refractivity contribution in [3.8, 4) is 0 Å². The SMILES string of the molecule is C=C(C)OC.c1ccc2[nH]ccc2c1. The van der Waals surface area contributed by atoms with E-state index in [0.29, 0.717) is 0 Å². The summed E-state index contributed by atoms with van der Waals surface area (Å²) < 4.78 is 4.56. The molecule has 0 bridgehead atoms. The first kappa shape index (κ1) is 10.4. The predicted molar refractivity (Wildman–Crippen MR) is 60.1 cm³/mol. The number of aromatic nitrogens is 1. The lowest BCUT2D eigenvalue weighted by Crippen LogP contribution is -1.70. The van der Waals surface area contributed by atoms with Gasteiger partial charge in [0.2, 0.25) is 0 Å². The van der Waals surface area contributed by atoms with Crippen molar-refractivity contribution in [1.82, 2.24) is 4.98 Å². The number of methoxy groups -OCH3 is 1. The molecule has 0 saturated heterocycles. The summed E-state index contributed by atoms with van der Waals surface area (Å²) in [5.74, 6) is 0.755. The maximum Gasteiger partial charge on any atom is 0.0853 e. The fourth-order valence-corrected chi connectivity index (χ4v) is 0.995. The molecular weight excluding hydrogens is 174 g/mol. The Bertz CT molecular complexity index is 373. The van der Waals surface area contributed by atoms with Gasteiger partial charge in [-0.1, -0.05) is 24.8 Å². The molecule has 14 heavy (non-hydrogen) atoms. The molecule has 0 aliphatic carbocycles. The largest absolute Gasteiger partial charge is 0.502 e. The van der Waals surface area contributed by atoms with Crippen LogP contribution in [-0.2, 0) is 4.74 Å². The second kappa shape index (κ2) is 5.12. The third kappa shape index (κ3) is 2.98. The monoisotopic (exact) mass is 189 g/mol. The summed E-state index contributed by atoms with van der Waals surface area (Å²) in [4.78, 5) is 3.12. The molecule has 0 fully saturated rings. The number of aromatic amines is 1. The Kier molecular flexibility index (Phi) is 3.80. The second-order valence-electron chi connectivity index (χ2n) is 2.97. The van der Waals surface area contributed by atoms with Crippen LogP contribution in [0, 0.1) is 0 Å².